The Kier molecular flexibility index (Phi) is 4.94. The molecular weight excluding hydrogens is 335 g/mol. The molecule has 3 heterocycles. The highest BCUT2D eigenvalue weighted by molar-refractivity contribution is 5.94. The zero-order valence-electron chi connectivity index (χ0n) is 14.9. The topological polar surface area (TPSA) is 49.9 Å². The number of hydrogen-bond acceptors (Lipinski definition) is 3. The minimum absolute atomic E-state index is 0.120. The van der Waals surface area contributed by atoms with E-state index in [1.165, 1.54) is 12.1 Å². The molecule has 4 rings (SSSR count). The lowest BCUT2D eigenvalue weighted by Crippen LogP contribution is -2.58. The van der Waals surface area contributed by atoms with E-state index in [-0.39, 0.29) is 24.0 Å². The SMILES string of the molecule is O=C(c1cccc(F)c1)N1CC[C@H]2[C@H](CCCN2C(=O)[C@H]2CCCO2)C1. The van der Waals surface area contributed by atoms with Crippen LogP contribution in [-0.4, -0.2) is 60.0 Å². The quantitative estimate of drug-likeness (QED) is 0.814. The molecule has 1 aromatic rings. The molecule has 3 atom stereocenters. The maximum Gasteiger partial charge on any atom is 0.253 e. The summed E-state index contributed by atoms with van der Waals surface area (Å²) >= 11 is 0. The fourth-order valence-corrected chi connectivity index (χ4v) is 4.62. The Labute approximate surface area is 153 Å². The molecule has 1 aromatic carbocycles. The summed E-state index contributed by atoms with van der Waals surface area (Å²) in [6.07, 6.45) is 4.25. The Morgan fingerprint density at radius 2 is 2.00 bits per heavy atom. The van der Waals surface area contributed by atoms with Gasteiger partial charge in [0, 0.05) is 37.8 Å². The summed E-state index contributed by atoms with van der Waals surface area (Å²) in [5, 5.41) is 0. The van der Waals surface area contributed by atoms with Gasteiger partial charge in [-0.3, -0.25) is 9.59 Å². The summed E-state index contributed by atoms with van der Waals surface area (Å²) in [6, 6.07) is 6.06. The van der Waals surface area contributed by atoms with Crippen LogP contribution < -0.4 is 0 Å². The minimum Gasteiger partial charge on any atom is -0.368 e. The molecule has 3 fully saturated rings. The van der Waals surface area contributed by atoms with E-state index in [9.17, 15) is 14.0 Å². The molecule has 0 unspecified atom stereocenters. The molecule has 140 valence electrons. The molecule has 0 saturated carbocycles. The van der Waals surface area contributed by atoms with Crippen molar-refractivity contribution < 1.29 is 18.7 Å². The van der Waals surface area contributed by atoms with E-state index in [1.807, 2.05) is 9.80 Å². The van der Waals surface area contributed by atoms with Gasteiger partial charge in [-0.2, -0.15) is 0 Å². The third-order valence-electron chi connectivity index (χ3n) is 5.92. The van der Waals surface area contributed by atoms with Gasteiger partial charge in [-0.05, 0) is 56.2 Å². The lowest BCUT2D eigenvalue weighted by molar-refractivity contribution is -0.147. The first-order chi connectivity index (χ1) is 12.6. The van der Waals surface area contributed by atoms with Crippen LogP contribution in [0, 0.1) is 11.7 Å². The third kappa shape index (κ3) is 3.34. The van der Waals surface area contributed by atoms with Crippen LogP contribution in [-0.2, 0) is 9.53 Å². The summed E-state index contributed by atoms with van der Waals surface area (Å²) in [7, 11) is 0. The van der Waals surface area contributed by atoms with Crippen LogP contribution in [0.3, 0.4) is 0 Å². The maximum absolute atomic E-state index is 13.4. The molecule has 3 aliphatic heterocycles. The van der Waals surface area contributed by atoms with E-state index in [1.54, 1.807) is 12.1 Å². The van der Waals surface area contributed by atoms with E-state index in [2.05, 4.69) is 0 Å². The van der Waals surface area contributed by atoms with Gasteiger partial charge in [0.05, 0.1) is 0 Å². The zero-order chi connectivity index (χ0) is 18.1. The second-order valence-electron chi connectivity index (χ2n) is 7.55. The van der Waals surface area contributed by atoms with Crippen LogP contribution in [0.1, 0.15) is 42.5 Å². The number of ether oxygens (including phenoxy) is 1. The van der Waals surface area contributed by atoms with Crippen molar-refractivity contribution in [2.24, 2.45) is 5.92 Å². The second kappa shape index (κ2) is 7.35. The van der Waals surface area contributed by atoms with Gasteiger partial charge in [0.1, 0.15) is 11.9 Å². The molecule has 6 heteroatoms. The lowest BCUT2D eigenvalue weighted by Gasteiger charge is -2.47. The average Bonchev–Trinajstić information content (AvgIpc) is 3.20. The number of carbonyl (C=O) groups excluding carboxylic acids is 2. The van der Waals surface area contributed by atoms with Crippen LogP contribution in [0.25, 0.3) is 0 Å². The van der Waals surface area contributed by atoms with E-state index < -0.39 is 5.82 Å². The van der Waals surface area contributed by atoms with E-state index in [4.69, 9.17) is 4.74 Å². The van der Waals surface area contributed by atoms with Crippen molar-refractivity contribution in [1.82, 2.24) is 9.80 Å². The highest BCUT2D eigenvalue weighted by atomic mass is 19.1. The van der Waals surface area contributed by atoms with Crippen LogP contribution in [0.2, 0.25) is 0 Å². The summed E-state index contributed by atoms with van der Waals surface area (Å²) in [5.41, 5.74) is 0.395. The molecule has 5 nitrogen and oxygen atoms in total. The summed E-state index contributed by atoms with van der Waals surface area (Å²) in [5.74, 6) is -0.0928. The van der Waals surface area contributed by atoms with Gasteiger partial charge >= 0.3 is 0 Å². The fraction of sp³-hybridized carbons (Fsp3) is 0.600. The van der Waals surface area contributed by atoms with Crippen molar-refractivity contribution in [1.29, 1.82) is 0 Å². The van der Waals surface area contributed by atoms with Crippen LogP contribution in [0.15, 0.2) is 24.3 Å². The highest BCUT2D eigenvalue weighted by Gasteiger charge is 2.41. The molecular formula is C20H25FN2O3. The number of fused-ring (bicyclic) bond motifs is 1. The van der Waals surface area contributed by atoms with E-state index in [0.717, 1.165) is 38.6 Å². The molecule has 3 aliphatic rings. The van der Waals surface area contributed by atoms with Gasteiger partial charge in [-0.15, -0.1) is 0 Å². The first-order valence-corrected chi connectivity index (χ1v) is 9.60. The summed E-state index contributed by atoms with van der Waals surface area (Å²) < 4.78 is 19.0. The van der Waals surface area contributed by atoms with Gasteiger partial charge in [-0.25, -0.2) is 4.39 Å². The van der Waals surface area contributed by atoms with Crippen molar-refractivity contribution in [2.75, 3.05) is 26.2 Å². The largest absolute Gasteiger partial charge is 0.368 e. The van der Waals surface area contributed by atoms with Gasteiger partial charge in [0.25, 0.3) is 11.8 Å². The molecule has 0 N–H and O–H groups in total. The average molecular weight is 360 g/mol. The second-order valence-corrected chi connectivity index (χ2v) is 7.55. The Bertz CT molecular complexity index is 689. The third-order valence-corrected chi connectivity index (χ3v) is 5.92. The zero-order valence-corrected chi connectivity index (χ0v) is 14.9. The standard InChI is InChI=1S/C20H25FN2O3/c21-16-6-1-4-14(12-16)19(24)22-10-8-17-15(13-22)5-2-9-23(17)20(25)18-7-3-11-26-18/h1,4,6,12,15,17-18H,2-3,5,7-11,13H2/t15-,17+,18-/m1/s1. The monoisotopic (exact) mass is 360 g/mol. The van der Waals surface area contributed by atoms with Crippen molar-refractivity contribution in [3.8, 4) is 0 Å². The molecule has 2 amide bonds. The maximum atomic E-state index is 13.4. The first-order valence-electron chi connectivity index (χ1n) is 9.60. The Balaban J connectivity index is 1.44. The fourth-order valence-electron chi connectivity index (χ4n) is 4.62. The number of likely N-dealkylation sites (tertiary alicyclic amines) is 2. The molecule has 0 aromatic heterocycles. The van der Waals surface area contributed by atoms with E-state index in [0.29, 0.717) is 31.2 Å². The number of piperidine rings is 2. The van der Waals surface area contributed by atoms with Crippen LogP contribution in [0.5, 0.6) is 0 Å². The first kappa shape index (κ1) is 17.5. The number of carbonyl (C=O) groups is 2. The predicted octanol–water partition coefficient (Wildman–Crippen LogP) is 2.46. The van der Waals surface area contributed by atoms with Gasteiger partial charge in [-0.1, -0.05) is 6.07 Å². The summed E-state index contributed by atoms with van der Waals surface area (Å²) in [4.78, 5) is 29.3. The van der Waals surface area contributed by atoms with Crippen molar-refractivity contribution >= 4 is 11.8 Å². The molecule has 26 heavy (non-hydrogen) atoms. The van der Waals surface area contributed by atoms with Crippen molar-refractivity contribution in [2.45, 2.75) is 44.2 Å². The summed E-state index contributed by atoms with van der Waals surface area (Å²) in [6.45, 7) is 2.70. The van der Waals surface area contributed by atoms with Crippen molar-refractivity contribution in [3.05, 3.63) is 35.6 Å². The minimum atomic E-state index is -0.392. The molecule has 0 spiro atoms. The normalized spacial score (nSPS) is 28.7. The van der Waals surface area contributed by atoms with Crippen LogP contribution in [0.4, 0.5) is 4.39 Å². The van der Waals surface area contributed by atoms with Crippen LogP contribution >= 0.6 is 0 Å². The number of rotatable bonds is 2. The Morgan fingerprint density at radius 1 is 1.12 bits per heavy atom. The smallest absolute Gasteiger partial charge is 0.253 e. The number of amides is 2. The van der Waals surface area contributed by atoms with Crippen molar-refractivity contribution in [3.63, 3.8) is 0 Å². The molecule has 3 saturated heterocycles. The number of hydrogen-bond donors (Lipinski definition) is 0. The van der Waals surface area contributed by atoms with E-state index >= 15 is 0 Å². The number of halogens is 1. The number of nitrogens with zero attached hydrogens (tertiary/aromatic N) is 2. The van der Waals surface area contributed by atoms with Gasteiger partial charge in [0.15, 0.2) is 0 Å². The molecule has 0 aliphatic carbocycles. The lowest BCUT2D eigenvalue weighted by atomic mass is 9.83. The Morgan fingerprint density at radius 3 is 2.77 bits per heavy atom. The molecule has 0 radical (unpaired) electrons. The van der Waals surface area contributed by atoms with Gasteiger partial charge < -0.3 is 14.5 Å². The molecule has 0 bridgehead atoms. The Hall–Kier alpha value is -1.95. The number of benzene rings is 1. The van der Waals surface area contributed by atoms with Gasteiger partial charge in [0.2, 0.25) is 0 Å². The highest BCUT2D eigenvalue weighted by Crippen LogP contribution is 2.32. The predicted molar refractivity (Wildman–Crippen MR) is 94.1 cm³/mol.